The monoisotopic (exact) mass is 300 g/mol. The first kappa shape index (κ1) is 14.6. The molecule has 0 radical (unpaired) electrons. The van der Waals surface area contributed by atoms with Gasteiger partial charge < -0.3 is 9.84 Å². The molecule has 3 aliphatic carbocycles. The minimum absolute atomic E-state index is 0.0165. The molecular weight excluding hydrogens is 272 g/mol. The van der Waals surface area contributed by atoms with Gasteiger partial charge in [0.05, 0.1) is 12.7 Å². The molecule has 4 rings (SSSR count). The molecule has 2 heteroatoms. The van der Waals surface area contributed by atoms with Crippen molar-refractivity contribution >= 4 is 0 Å². The van der Waals surface area contributed by atoms with Gasteiger partial charge in [0.25, 0.3) is 0 Å². The number of aliphatic hydroxyl groups is 1. The fraction of sp³-hybridized carbons (Fsp3) is 0.700. The summed E-state index contributed by atoms with van der Waals surface area (Å²) in [5, 5.41) is 10.2. The first-order valence-electron chi connectivity index (χ1n) is 9.21. The maximum Gasteiger partial charge on any atom is 0.119 e. The third kappa shape index (κ3) is 2.36. The maximum absolute atomic E-state index is 10.2. The Hall–Kier alpha value is -1.02. The quantitative estimate of drug-likeness (QED) is 0.901. The summed E-state index contributed by atoms with van der Waals surface area (Å²) in [6.07, 6.45) is 8.33. The zero-order valence-corrected chi connectivity index (χ0v) is 13.6. The van der Waals surface area contributed by atoms with Crippen molar-refractivity contribution in [3.8, 4) is 5.75 Å². The van der Waals surface area contributed by atoms with Gasteiger partial charge in [-0.3, -0.25) is 0 Å². The van der Waals surface area contributed by atoms with Crippen molar-refractivity contribution in [2.75, 3.05) is 6.61 Å². The Balaban J connectivity index is 1.57. The van der Waals surface area contributed by atoms with Gasteiger partial charge >= 0.3 is 0 Å². The third-order valence-electron chi connectivity index (χ3n) is 6.45. The summed E-state index contributed by atoms with van der Waals surface area (Å²) in [5.74, 6) is 3.96. The molecule has 0 heterocycles. The van der Waals surface area contributed by atoms with Gasteiger partial charge in [-0.25, -0.2) is 0 Å². The molecule has 0 saturated heterocycles. The molecule has 1 N–H and O–H groups in total. The van der Waals surface area contributed by atoms with E-state index in [4.69, 9.17) is 4.74 Å². The molecule has 0 amide bonds. The fourth-order valence-corrected chi connectivity index (χ4v) is 5.49. The van der Waals surface area contributed by atoms with Gasteiger partial charge in [-0.2, -0.15) is 0 Å². The molecular formula is C20H28O2. The standard InChI is InChI=1S/C20H28O2/c1-2-11-22-14-4-6-15-13(12-14)3-5-17-16(15)7-8-19-18(17)9-10-20(19)21/h4,6,12,16-21H,2-3,5,7-11H2,1H3/t16-,17-,18+,19+,20+/m1/s1. The minimum Gasteiger partial charge on any atom is -0.494 e. The lowest BCUT2D eigenvalue weighted by Crippen LogP contribution is -2.36. The number of hydrogen-bond acceptors (Lipinski definition) is 2. The maximum atomic E-state index is 10.2. The average Bonchev–Trinajstić information content (AvgIpc) is 2.94. The van der Waals surface area contributed by atoms with Crippen LogP contribution in [0.1, 0.15) is 62.5 Å². The van der Waals surface area contributed by atoms with Crippen LogP contribution < -0.4 is 4.74 Å². The Morgan fingerprint density at radius 1 is 1.05 bits per heavy atom. The predicted octanol–water partition coefficient (Wildman–Crippen LogP) is 4.30. The number of fused-ring (bicyclic) bond motifs is 5. The SMILES string of the molecule is CCCOc1ccc2c(c1)CC[C@H]1[C@@H]3CC[C@H](O)[C@H]3CC[C@H]21. The zero-order valence-electron chi connectivity index (χ0n) is 13.6. The minimum atomic E-state index is -0.0165. The second-order valence-corrected chi connectivity index (χ2v) is 7.57. The van der Waals surface area contributed by atoms with Crippen molar-refractivity contribution in [2.45, 2.75) is 63.9 Å². The first-order chi connectivity index (χ1) is 10.8. The van der Waals surface area contributed by atoms with Crippen molar-refractivity contribution in [3.05, 3.63) is 29.3 Å². The van der Waals surface area contributed by atoms with Gasteiger partial charge in [-0.15, -0.1) is 0 Å². The van der Waals surface area contributed by atoms with Crippen LogP contribution in [-0.2, 0) is 6.42 Å². The van der Waals surface area contributed by atoms with Crippen molar-refractivity contribution < 1.29 is 9.84 Å². The van der Waals surface area contributed by atoms with Crippen LogP contribution >= 0.6 is 0 Å². The highest BCUT2D eigenvalue weighted by atomic mass is 16.5. The van der Waals surface area contributed by atoms with E-state index in [9.17, 15) is 5.11 Å². The van der Waals surface area contributed by atoms with Crippen LogP contribution in [0.15, 0.2) is 18.2 Å². The van der Waals surface area contributed by atoms with E-state index in [1.807, 2.05) is 0 Å². The average molecular weight is 300 g/mol. The first-order valence-corrected chi connectivity index (χ1v) is 9.21. The van der Waals surface area contributed by atoms with E-state index in [-0.39, 0.29) is 6.10 Å². The van der Waals surface area contributed by atoms with Gasteiger partial charge in [-0.1, -0.05) is 13.0 Å². The third-order valence-corrected chi connectivity index (χ3v) is 6.45. The summed E-state index contributed by atoms with van der Waals surface area (Å²) < 4.78 is 5.81. The second-order valence-electron chi connectivity index (χ2n) is 7.57. The molecule has 0 bridgehead atoms. The number of aryl methyl sites for hydroxylation is 1. The summed E-state index contributed by atoms with van der Waals surface area (Å²) in [5.41, 5.74) is 3.10. The fourth-order valence-electron chi connectivity index (χ4n) is 5.49. The molecule has 2 saturated carbocycles. The Bertz CT molecular complexity index is 539. The number of ether oxygens (including phenoxy) is 1. The van der Waals surface area contributed by atoms with E-state index >= 15 is 0 Å². The van der Waals surface area contributed by atoms with E-state index in [1.54, 1.807) is 5.56 Å². The lowest BCUT2D eigenvalue weighted by Gasteiger charge is -2.44. The summed E-state index contributed by atoms with van der Waals surface area (Å²) >= 11 is 0. The Kier molecular flexibility index (Phi) is 3.89. The van der Waals surface area contributed by atoms with Crippen LogP contribution in [0.25, 0.3) is 0 Å². The van der Waals surface area contributed by atoms with Crippen molar-refractivity contribution in [1.82, 2.24) is 0 Å². The van der Waals surface area contributed by atoms with Crippen LogP contribution in [0, 0.1) is 17.8 Å². The summed E-state index contributed by atoms with van der Waals surface area (Å²) in [6, 6.07) is 6.80. The van der Waals surface area contributed by atoms with E-state index < -0.39 is 0 Å². The molecule has 0 aliphatic heterocycles. The molecule has 0 spiro atoms. The highest BCUT2D eigenvalue weighted by Crippen LogP contribution is 2.55. The summed E-state index contributed by atoms with van der Waals surface area (Å²) in [6.45, 7) is 2.96. The van der Waals surface area contributed by atoms with Gasteiger partial charge in [0.1, 0.15) is 5.75 Å². The van der Waals surface area contributed by atoms with Crippen LogP contribution in [0.2, 0.25) is 0 Å². The topological polar surface area (TPSA) is 29.5 Å². The van der Waals surface area contributed by atoms with E-state index in [1.165, 1.54) is 37.7 Å². The van der Waals surface area contributed by atoms with Crippen LogP contribution in [-0.4, -0.2) is 17.8 Å². The molecule has 2 fully saturated rings. The number of hydrogen-bond donors (Lipinski definition) is 1. The highest BCUT2D eigenvalue weighted by Gasteiger charge is 2.47. The lowest BCUT2D eigenvalue weighted by molar-refractivity contribution is 0.0566. The van der Waals surface area contributed by atoms with Crippen LogP contribution in [0.5, 0.6) is 5.75 Å². The molecule has 2 nitrogen and oxygen atoms in total. The predicted molar refractivity (Wildman–Crippen MR) is 88.2 cm³/mol. The molecule has 1 aromatic rings. The number of benzene rings is 1. The molecule has 1 aromatic carbocycles. The van der Waals surface area contributed by atoms with Crippen molar-refractivity contribution in [1.29, 1.82) is 0 Å². The molecule has 5 atom stereocenters. The number of rotatable bonds is 3. The Morgan fingerprint density at radius 2 is 1.91 bits per heavy atom. The zero-order chi connectivity index (χ0) is 15.1. The van der Waals surface area contributed by atoms with Gasteiger partial charge in [-0.05, 0) is 91.9 Å². The van der Waals surface area contributed by atoms with Gasteiger partial charge in [0.15, 0.2) is 0 Å². The van der Waals surface area contributed by atoms with Crippen molar-refractivity contribution in [3.63, 3.8) is 0 Å². The van der Waals surface area contributed by atoms with Crippen LogP contribution in [0.4, 0.5) is 0 Å². The number of aliphatic hydroxyl groups excluding tert-OH is 1. The van der Waals surface area contributed by atoms with Crippen LogP contribution in [0.3, 0.4) is 0 Å². The summed E-state index contributed by atoms with van der Waals surface area (Å²) in [4.78, 5) is 0. The molecule has 120 valence electrons. The summed E-state index contributed by atoms with van der Waals surface area (Å²) in [7, 11) is 0. The largest absolute Gasteiger partial charge is 0.494 e. The lowest BCUT2D eigenvalue weighted by atomic mass is 9.61. The van der Waals surface area contributed by atoms with E-state index in [2.05, 4.69) is 25.1 Å². The molecule has 3 aliphatic rings. The van der Waals surface area contributed by atoms with Crippen molar-refractivity contribution in [2.24, 2.45) is 17.8 Å². The Morgan fingerprint density at radius 3 is 2.77 bits per heavy atom. The molecule has 0 unspecified atom stereocenters. The normalized spacial score (nSPS) is 36.4. The smallest absolute Gasteiger partial charge is 0.119 e. The highest BCUT2D eigenvalue weighted by molar-refractivity contribution is 5.40. The van der Waals surface area contributed by atoms with Gasteiger partial charge in [0.2, 0.25) is 0 Å². The molecule has 22 heavy (non-hydrogen) atoms. The second kappa shape index (κ2) is 5.88. The van der Waals surface area contributed by atoms with Gasteiger partial charge in [0, 0.05) is 0 Å². The molecule has 0 aromatic heterocycles. The van der Waals surface area contributed by atoms with E-state index in [0.29, 0.717) is 5.92 Å². The van der Waals surface area contributed by atoms with E-state index in [0.717, 1.165) is 43.0 Å². The Labute approximate surface area is 133 Å².